The average Bonchev–Trinajstić information content (AvgIpc) is 2.74. The van der Waals surface area contributed by atoms with Gasteiger partial charge < -0.3 is 10.2 Å². The lowest BCUT2D eigenvalue weighted by molar-refractivity contribution is 0.0696. The number of aliphatic hydroxyl groups excluding tert-OH is 1. The van der Waals surface area contributed by atoms with Crippen molar-refractivity contribution < 1.29 is 15.0 Å². The molecule has 0 unspecified atom stereocenters. The summed E-state index contributed by atoms with van der Waals surface area (Å²) >= 11 is 0. The topological polar surface area (TPSA) is 57.5 Å². The molecule has 3 aromatic rings. The molecule has 0 saturated heterocycles. The summed E-state index contributed by atoms with van der Waals surface area (Å²) in [6, 6.07) is 22.6. The molecule has 3 heteroatoms. The van der Waals surface area contributed by atoms with Crippen LogP contribution in [-0.4, -0.2) is 16.2 Å². The van der Waals surface area contributed by atoms with Gasteiger partial charge in [-0.15, -0.1) is 0 Å². The zero-order valence-corrected chi connectivity index (χ0v) is 16.8. The molecule has 3 rings (SSSR count). The van der Waals surface area contributed by atoms with Gasteiger partial charge in [-0.3, -0.25) is 0 Å². The van der Waals surface area contributed by atoms with E-state index in [9.17, 15) is 15.0 Å². The predicted molar refractivity (Wildman–Crippen MR) is 123 cm³/mol. The minimum absolute atomic E-state index is 0.0488. The first-order valence-electron chi connectivity index (χ1n) is 9.59. The van der Waals surface area contributed by atoms with Gasteiger partial charge in [-0.25, -0.2) is 4.79 Å². The van der Waals surface area contributed by atoms with Crippen LogP contribution in [0.15, 0.2) is 92.5 Å². The fraction of sp³-hybridized carbons (Fsp3) is 0.0741. The Balaban J connectivity index is 1.75. The van der Waals surface area contributed by atoms with Crippen molar-refractivity contribution in [1.29, 1.82) is 0 Å². The Bertz CT molecular complexity index is 1050. The minimum Gasteiger partial charge on any atom is -0.508 e. The van der Waals surface area contributed by atoms with Crippen LogP contribution in [0.3, 0.4) is 0 Å². The number of carboxylic acids is 1. The molecule has 0 aromatic heterocycles. The molecule has 0 atom stereocenters. The molecule has 0 fully saturated rings. The lowest BCUT2D eigenvalue weighted by Gasteiger charge is -2.12. The summed E-state index contributed by atoms with van der Waals surface area (Å²) in [5.41, 5.74) is 6.80. The second-order valence-corrected chi connectivity index (χ2v) is 7.29. The first kappa shape index (κ1) is 20.9. The number of aromatic carboxylic acids is 1. The highest BCUT2D eigenvalue weighted by atomic mass is 16.4. The standard InChI is InChI=1S/C27H24O3/c1-18(13-21-7-4-11-25(15-21)20(3)28)23-9-6-10-24(17-23)19(2)14-22-8-5-12-26(16-22)27(29)30/h4-12,15-17,28H,1-3,13-14H2,(H,29,30). The van der Waals surface area contributed by atoms with E-state index < -0.39 is 5.97 Å². The Hall–Kier alpha value is -3.85. The molecule has 3 aromatic carbocycles. The van der Waals surface area contributed by atoms with Gasteiger partial charge in [0.05, 0.1) is 5.56 Å². The maximum atomic E-state index is 11.2. The zero-order valence-electron chi connectivity index (χ0n) is 16.8. The van der Waals surface area contributed by atoms with Gasteiger partial charge in [-0.2, -0.15) is 0 Å². The van der Waals surface area contributed by atoms with Crippen molar-refractivity contribution in [2.45, 2.75) is 12.8 Å². The summed E-state index contributed by atoms with van der Waals surface area (Å²) in [4.78, 5) is 11.2. The van der Waals surface area contributed by atoms with E-state index >= 15 is 0 Å². The van der Waals surface area contributed by atoms with Crippen LogP contribution >= 0.6 is 0 Å². The molecule has 0 spiro atoms. The van der Waals surface area contributed by atoms with Crippen LogP contribution in [0, 0.1) is 0 Å². The summed E-state index contributed by atoms with van der Waals surface area (Å²) < 4.78 is 0. The van der Waals surface area contributed by atoms with Crippen LogP contribution in [-0.2, 0) is 12.8 Å². The highest BCUT2D eigenvalue weighted by Gasteiger charge is 2.08. The predicted octanol–water partition coefficient (Wildman–Crippen LogP) is 6.43. The Morgan fingerprint density at radius 1 is 0.633 bits per heavy atom. The average molecular weight is 396 g/mol. The first-order valence-corrected chi connectivity index (χ1v) is 9.59. The third-order valence-electron chi connectivity index (χ3n) is 4.95. The molecule has 0 aliphatic carbocycles. The van der Waals surface area contributed by atoms with Crippen LogP contribution in [0.5, 0.6) is 0 Å². The van der Waals surface area contributed by atoms with Gasteiger partial charge in [0.1, 0.15) is 5.76 Å². The first-order chi connectivity index (χ1) is 14.3. The number of benzene rings is 3. The summed E-state index contributed by atoms with van der Waals surface area (Å²) in [5, 5.41) is 18.8. The van der Waals surface area contributed by atoms with Gasteiger partial charge in [0.15, 0.2) is 0 Å². The number of carboxylic acid groups (broad SMARTS) is 1. The fourth-order valence-electron chi connectivity index (χ4n) is 3.33. The van der Waals surface area contributed by atoms with Gasteiger partial charge in [-0.05, 0) is 70.5 Å². The molecule has 0 heterocycles. The summed E-state index contributed by atoms with van der Waals surface area (Å²) in [6.07, 6.45) is 1.22. The van der Waals surface area contributed by atoms with Crippen molar-refractivity contribution in [2.75, 3.05) is 0 Å². The van der Waals surface area contributed by atoms with Gasteiger partial charge in [-0.1, -0.05) is 68.3 Å². The van der Waals surface area contributed by atoms with Crippen LogP contribution < -0.4 is 0 Å². The van der Waals surface area contributed by atoms with Crippen molar-refractivity contribution in [3.05, 3.63) is 126 Å². The van der Waals surface area contributed by atoms with Gasteiger partial charge in [0.2, 0.25) is 0 Å². The third kappa shape index (κ3) is 5.15. The second-order valence-electron chi connectivity index (χ2n) is 7.29. The highest BCUT2D eigenvalue weighted by molar-refractivity contribution is 5.88. The Labute approximate surface area is 177 Å². The molecular formula is C27H24O3. The number of allylic oxidation sites excluding steroid dienone is 2. The Morgan fingerprint density at radius 2 is 1.07 bits per heavy atom. The SMILES string of the molecule is C=C(O)c1cccc(CC(=C)c2cccc(C(=C)Cc3cccc(C(=O)O)c3)c2)c1. The molecule has 0 bridgehead atoms. The van der Waals surface area contributed by atoms with E-state index in [1.165, 1.54) is 0 Å². The Morgan fingerprint density at radius 3 is 1.57 bits per heavy atom. The van der Waals surface area contributed by atoms with Crippen molar-refractivity contribution >= 4 is 22.9 Å². The van der Waals surface area contributed by atoms with Crippen LogP contribution in [0.2, 0.25) is 0 Å². The lowest BCUT2D eigenvalue weighted by atomic mass is 9.93. The molecule has 0 aliphatic rings. The van der Waals surface area contributed by atoms with E-state index in [0.29, 0.717) is 18.4 Å². The molecule has 2 N–H and O–H groups in total. The number of hydrogen-bond donors (Lipinski definition) is 2. The fourth-order valence-corrected chi connectivity index (χ4v) is 3.33. The molecule has 0 radical (unpaired) electrons. The smallest absolute Gasteiger partial charge is 0.335 e. The van der Waals surface area contributed by atoms with Crippen LogP contribution in [0.1, 0.15) is 38.2 Å². The Kier molecular flexibility index (Phi) is 6.33. The largest absolute Gasteiger partial charge is 0.508 e. The van der Waals surface area contributed by atoms with E-state index in [2.05, 4.69) is 25.8 Å². The summed E-state index contributed by atoms with van der Waals surface area (Å²) in [6.45, 7) is 12.0. The monoisotopic (exact) mass is 396 g/mol. The summed E-state index contributed by atoms with van der Waals surface area (Å²) in [7, 11) is 0. The van der Waals surface area contributed by atoms with E-state index in [-0.39, 0.29) is 11.3 Å². The highest BCUT2D eigenvalue weighted by Crippen LogP contribution is 2.25. The van der Waals surface area contributed by atoms with E-state index in [0.717, 1.165) is 33.4 Å². The van der Waals surface area contributed by atoms with Gasteiger partial charge >= 0.3 is 5.97 Å². The van der Waals surface area contributed by atoms with E-state index in [1.54, 1.807) is 18.2 Å². The van der Waals surface area contributed by atoms with Crippen molar-refractivity contribution in [3.63, 3.8) is 0 Å². The molecule has 150 valence electrons. The van der Waals surface area contributed by atoms with Crippen LogP contribution in [0.25, 0.3) is 16.9 Å². The molecular weight excluding hydrogens is 372 g/mol. The molecule has 0 aliphatic heterocycles. The number of hydrogen-bond acceptors (Lipinski definition) is 2. The second kappa shape index (κ2) is 9.10. The number of rotatable bonds is 8. The lowest BCUT2D eigenvalue weighted by Crippen LogP contribution is -1.98. The minimum atomic E-state index is -0.936. The van der Waals surface area contributed by atoms with E-state index in [4.69, 9.17) is 0 Å². The molecule has 3 nitrogen and oxygen atoms in total. The maximum Gasteiger partial charge on any atom is 0.335 e. The molecule has 30 heavy (non-hydrogen) atoms. The van der Waals surface area contributed by atoms with Gasteiger partial charge in [0, 0.05) is 5.56 Å². The van der Waals surface area contributed by atoms with Crippen LogP contribution in [0.4, 0.5) is 0 Å². The van der Waals surface area contributed by atoms with Crippen molar-refractivity contribution in [3.8, 4) is 0 Å². The maximum absolute atomic E-state index is 11.2. The van der Waals surface area contributed by atoms with E-state index in [1.807, 2.05) is 48.5 Å². The third-order valence-corrected chi connectivity index (χ3v) is 4.95. The number of carbonyl (C=O) groups is 1. The quantitative estimate of drug-likeness (QED) is 0.432. The molecule has 0 amide bonds. The number of aliphatic hydroxyl groups is 1. The summed E-state index contributed by atoms with van der Waals surface area (Å²) in [5.74, 6) is -0.887. The molecule has 0 saturated carbocycles. The van der Waals surface area contributed by atoms with Crippen molar-refractivity contribution in [1.82, 2.24) is 0 Å². The zero-order chi connectivity index (χ0) is 21.7. The van der Waals surface area contributed by atoms with Gasteiger partial charge in [0.25, 0.3) is 0 Å². The normalized spacial score (nSPS) is 10.4. The van der Waals surface area contributed by atoms with Crippen molar-refractivity contribution in [2.24, 2.45) is 0 Å².